The van der Waals surface area contributed by atoms with Gasteiger partial charge in [-0.05, 0) is 36.3 Å². The lowest BCUT2D eigenvalue weighted by Gasteiger charge is -2.10. The molecule has 0 heterocycles. The van der Waals surface area contributed by atoms with E-state index in [0.717, 1.165) is 6.42 Å². The zero-order valence-electron chi connectivity index (χ0n) is 8.45. The molecule has 2 rings (SSSR count). The van der Waals surface area contributed by atoms with Crippen molar-refractivity contribution in [2.24, 2.45) is 5.73 Å². The largest absolute Gasteiger partial charge is 0.328 e. The second-order valence-electron chi connectivity index (χ2n) is 4.14. The van der Waals surface area contributed by atoms with Crippen LogP contribution in [0.3, 0.4) is 0 Å². The van der Waals surface area contributed by atoms with Gasteiger partial charge in [0.15, 0.2) is 0 Å². The van der Waals surface area contributed by atoms with Crippen LogP contribution < -0.4 is 5.73 Å². The lowest BCUT2D eigenvalue weighted by Crippen LogP contribution is -2.14. The topological polar surface area (TPSA) is 26.0 Å². The lowest BCUT2D eigenvalue weighted by molar-refractivity contribution is 0.674. The summed E-state index contributed by atoms with van der Waals surface area (Å²) in [6, 6.07) is 9.04. The van der Waals surface area contributed by atoms with Crippen LogP contribution in [0.25, 0.3) is 6.08 Å². The minimum atomic E-state index is 0.410. The van der Waals surface area contributed by atoms with Crippen LogP contribution in [0, 0.1) is 0 Å². The molecule has 0 amide bonds. The highest BCUT2D eigenvalue weighted by Crippen LogP contribution is 2.33. The molecule has 1 saturated carbocycles. The average Bonchev–Trinajstić information content (AvgIpc) is 2.65. The first kappa shape index (κ1) is 9.47. The van der Waals surface area contributed by atoms with Gasteiger partial charge in [-0.15, -0.1) is 0 Å². The Bertz CT molecular complexity index is 330. The molecular formula is C13H17N. The molecule has 1 fully saturated rings. The van der Waals surface area contributed by atoms with Gasteiger partial charge in [-0.1, -0.05) is 36.9 Å². The summed E-state index contributed by atoms with van der Waals surface area (Å²) in [5.41, 5.74) is 8.55. The number of hydrogen-bond donors (Lipinski definition) is 1. The Morgan fingerprint density at radius 1 is 1.36 bits per heavy atom. The summed E-state index contributed by atoms with van der Waals surface area (Å²) >= 11 is 0. The van der Waals surface area contributed by atoms with Crippen LogP contribution in [-0.2, 0) is 0 Å². The second-order valence-corrected chi connectivity index (χ2v) is 4.14. The van der Waals surface area contributed by atoms with Crippen molar-refractivity contribution in [1.29, 1.82) is 0 Å². The molecule has 0 saturated heterocycles. The third kappa shape index (κ3) is 1.88. The minimum absolute atomic E-state index is 0.410. The summed E-state index contributed by atoms with van der Waals surface area (Å²) in [5.74, 6) is 0.671. The fourth-order valence-electron chi connectivity index (χ4n) is 2.26. The van der Waals surface area contributed by atoms with Gasteiger partial charge >= 0.3 is 0 Å². The standard InChI is InChI=1S/C13H17N/c1-2-10-4-3-5-11(8-10)12-6-7-13(14)9-12/h2-5,8,12-13H,1,6-7,9,14H2. The van der Waals surface area contributed by atoms with Crippen molar-refractivity contribution in [2.75, 3.05) is 0 Å². The molecule has 0 bridgehead atoms. The molecule has 1 aliphatic carbocycles. The normalized spacial score (nSPS) is 26.4. The van der Waals surface area contributed by atoms with E-state index in [2.05, 4.69) is 30.8 Å². The average molecular weight is 187 g/mol. The van der Waals surface area contributed by atoms with E-state index in [1.165, 1.54) is 24.0 Å². The molecule has 0 aromatic heterocycles. The maximum Gasteiger partial charge on any atom is 0.00448 e. The Balaban J connectivity index is 2.19. The van der Waals surface area contributed by atoms with E-state index in [9.17, 15) is 0 Å². The van der Waals surface area contributed by atoms with Crippen LogP contribution in [0.4, 0.5) is 0 Å². The molecule has 2 atom stereocenters. The monoisotopic (exact) mass is 187 g/mol. The Labute approximate surface area is 85.6 Å². The number of hydrogen-bond acceptors (Lipinski definition) is 1. The van der Waals surface area contributed by atoms with Gasteiger partial charge in [0.2, 0.25) is 0 Å². The molecule has 74 valence electrons. The molecule has 1 aliphatic rings. The smallest absolute Gasteiger partial charge is 0.00448 e. The van der Waals surface area contributed by atoms with Gasteiger partial charge in [0.25, 0.3) is 0 Å². The van der Waals surface area contributed by atoms with E-state index < -0.39 is 0 Å². The first-order valence-corrected chi connectivity index (χ1v) is 5.27. The molecule has 0 aliphatic heterocycles. The van der Waals surface area contributed by atoms with Crippen LogP contribution >= 0.6 is 0 Å². The molecule has 0 radical (unpaired) electrons. The summed E-state index contributed by atoms with van der Waals surface area (Å²) in [5, 5.41) is 0. The fourth-order valence-corrected chi connectivity index (χ4v) is 2.26. The van der Waals surface area contributed by atoms with Gasteiger partial charge in [0, 0.05) is 6.04 Å². The van der Waals surface area contributed by atoms with Crippen LogP contribution in [-0.4, -0.2) is 6.04 Å². The summed E-state index contributed by atoms with van der Waals surface area (Å²) in [4.78, 5) is 0. The highest BCUT2D eigenvalue weighted by molar-refractivity contribution is 5.48. The zero-order valence-corrected chi connectivity index (χ0v) is 8.45. The maximum atomic E-state index is 5.91. The van der Waals surface area contributed by atoms with Crippen molar-refractivity contribution in [1.82, 2.24) is 0 Å². The summed E-state index contributed by atoms with van der Waals surface area (Å²) < 4.78 is 0. The lowest BCUT2D eigenvalue weighted by atomic mass is 9.96. The van der Waals surface area contributed by atoms with Crippen molar-refractivity contribution >= 4 is 6.08 Å². The molecule has 1 nitrogen and oxygen atoms in total. The molecule has 2 N–H and O–H groups in total. The predicted octanol–water partition coefficient (Wildman–Crippen LogP) is 2.92. The van der Waals surface area contributed by atoms with Crippen LogP contribution in [0.5, 0.6) is 0 Å². The number of rotatable bonds is 2. The van der Waals surface area contributed by atoms with E-state index >= 15 is 0 Å². The van der Waals surface area contributed by atoms with Crippen molar-refractivity contribution < 1.29 is 0 Å². The molecule has 1 heteroatoms. The second kappa shape index (κ2) is 3.97. The van der Waals surface area contributed by atoms with Gasteiger partial charge in [0.05, 0.1) is 0 Å². The van der Waals surface area contributed by atoms with Gasteiger partial charge in [0.1, 0.15) is 0 Å². The fraction of sp³-hybridized carbons (Fsp3) is 0.385. The van der Waals surface area contributed by atoms with Gasteiger partial charge in [-0.3, -0.25) is 0 Å². The van der Waals surface area contributed by atoms with Crippen LogP contribution in [0.1, 0.15) is 36.3 Å². The third-order valence-electron chi connectivity index (χ3n) is 3.09. The third-order valence-corrected chi connectivity index (χ3v) is 3.09. The van der Waals surface area contributed by atoms with E-state index in [0.29, 0.717) is 12.0 Å². The molecule has 2 unspecified atom stereocenters. The molecular weight excluding hydrogens is 170 g/mol. The Hall–Kier alpha value is -1.08. The van der Waals surface area contributed by atoms with E-state index in [4.69, 9.17) is 5.73 Å². The first-order chi connectivity index (χ1) is 6.79. The number of nitrogens with two attached hydrogens (primary N) is 1. The van der Waals surface area contributed by atoms with Gasteiger partial charge in [-0.25, -0.2) is 0 Å². The minimum Gasteiger partial charge on any atom is -0.328 e. The summed E-state index contributed by atoms with van der Waals surface area (Å²) in [6.45, 7) is 3.79. The number of benzene rings is 1. The van der Waals surface area contributed by atoms with Crippen molar-refractivity contribution in [3.63, 3.8) is 0 Å². The molecule has 0 spiro atoms. The van der Waals surface area contributed by atoms with E-state index in [1.54, 1.807) is 0 Å². The van der Waals surface area contributed by atoms with Crippen LogP contribution in [0.2, 0.25) is 0 Å². The van der Waals surface area contributed by atoms with Crippen molar-refractivity contribution in [3.8, 4) is 0 Å². The summed E-state index contributed by atoms with van der Waals surface area (Å²) in [6.07, 6.45) is 5.45. The Morgan fingerprint density at radius 3 is 2.86 bits per heavy atom. The molecule has 1 aromatic rings. The highest BCUT2D eigenvalue weighted by Gasteiger charge is 2.22. The van der Waals surface area contributed by atoms with E-state index in [-0.39, 0.29) is 0 Å². The van der Waals surface area contributed by atoms with Crippen molar-refractivity contribution in [3.05, 3.63) is 42.0 Å². The van der Waals surface area contributed by atoms with Crippen LogP contribution in [0.15, 0.2) is 30.8 Å². The highest BCUT2D eigenvalue weighted by atomic mass is 14.6. The van der Waals surface area contributed by atoms with Gasteiger partial charge < -0.3 is 5.73 Å². The summed E-state index contributed by atoms with van der Waals surface area (Å²) in [7, 11) is 0. The first-order valence-electron chi connectivity index (χ1n) is 5.27. The molecule has 1 aromatic carbocycles. The zero-order chi connectivity index (χ0) is 9.97. The van der Waals surface area contributed by atoms with E-state index in [1.807, 2.05) is 6.08 Å². The van der Waals surface area contributed by atoms with Crippen molar-refractivity contribution in [2.45, 2.75) is 31.2 Å². The van der Waals surface area contributed by atoms with Gasteiger partial charge in [-0.2, -0.15) is 0 Å². The SMILES string of the molecule is C=Cc1cccc(C2CCC(N)C2)c1. The molecule has 14 heavy (non-hydrogen) atoms. The predicted molar refractivity (Wildman–Crippen MR) is 61.1 cm³/mol. The quantitative estimate of drug-likeness (QED) is 0.757. The maximum absolute atomic E-state index is 5.91. The Morgan fingerprint density at radius 2 is 2.21 bits per heavy atom. The Kier molecular flexibility index (Phi) is 2.69.